The van der Waals surface area contributed by atoms with E-state index in [1.54, 1.807) is 0 Å². The van der Waals surface area contributed by atoms with Gasteiger partial charge in [-0.2, -0.15) is 0 Å². The second kappa shape index (κ2) is 14.3. The van der Waals surface area contributed by atoms with E-state index in [4.69, 9.17) is 0 Å². The molecule has 0 N–H and O–H groups in total. The van der Waals surface area contributed by atoms with Crippen molar-refractivity contribution in [3.8, 4) is 0 Å². The SMILES string of the molecule is BC(c1ccccc1)c1ccccc1.CC=CCC(C)[SiH2]C(c1ccccc1)(c1ccccc1)n1ccnc1. The van der Waals surface area contributed by atoms with E-state index >= 15 is 0 Å². The summed E-state index contributed by atoms with van der Waals surface area (Å²) < 4.78 is 2.33. The second-order valence-electron chi connectivity index (χ2n) is 10.2. The summed E-state index contributed by atoms with van der Waals surface area (Å²) in [5.74, 6) is 0.484. The van der Waals surface area contributed by atoms with Crippen molar-refractivity contribution in [1.29, 1.82) is 0 Å². The van der Waals surface area contributed by atoms with Crippen LogP contribution >= 0.6 is 0 Å². The Morgan fingerprint density at radius 2 is 1.23 bits per heavy atom. The lowest BCUT2D eigenvalue weighted by atomic mass is 9.76. The molecular weight excluding hydrogens is 487 g/mol. The van der Waals surface area contributed by atoms with Crippen LogP contribution in [-0.4, -0.2) is 26.9 Å². The Balaban J connectivity index is 0.000000212. The number of hydrogen-bond acceptors (Lipinski definition) is 1. The standard InChI is InChI=1S/C22H26N2Si.C13H13B/c1-3-4-11-19(2)25-22(24-17-16-23-18-24,20-12-7-5-8-13-20)21-14-9-6-10-15-21;14-13(11-7-3-1-4-8-11)12-9-5-2-6-10-12/h3-10,12-19H,11,25H2,1-2H3;1-10,13H,14H2. The van der Waals surface area contributed by atoms with Gasteiger partial charge in [0.15, 0.2) is 0 Å². The van der Waals surface area contributed by atoms with Crippen LogP contribution < -0.4 is 0 Å². The highest BCUT2D eigenvalue weighted by atomic mass is 28.2. The molecule has 2 nitrogen and oxygen atoms in total. The predicted octanol–water partition coefficient (Wildman–Crippen LogP) is 6.99. The lowest BCUT2D eigenvalue weighted by molar-refractivity contribution is 0.582. The summed E-state index contributed by atoms with van der Waals surface area (Å²) in [5.41, 5.74) is 6.15. The van der Waals surface area contributed by atoms with Crippen molar-refractivity contribution in [1.82, 2.24) is 9.55 Å². The zero-order valence-corrected chi connectivity index (χ0v) is 24.8. The Kier molecular flexibility index (Phi) is 10.3. The lowest BCUT2D eigenvalue weighted by Crippen LogP contribution is -2.43. The predicted molar refractivity (Wildman–Crippen MR) is 172 cm³/mol. The third kappa shape index (κ3) is 7.16. The maximum Gasteiger partial charge on any atom is 0.116 e. The fraction of sp³-hybridized carbons (Fsp3) is 0.171. The number of hydrogen-bond donors (Lipinski definition) is 0. The van der Waals surface area contributed by atoms with E-state index in [2.05, 4.69) is 171 Å². The van der Waals surface area contributed by atoms with E-state index in [9.17, 15) is 0 Å². The molecule has 0 aliphatic heterocycles. The molecule has 4 aromatic carbocycles. The molecule has 5 aromatic rings. The smallest absolute Gasteiger partial charge is 0.116 e. The number of imidazole rings is 1. The van der Waals surface area contributed by atoms with Crippen molar-refractivity contribution in [2.24, 2.45) is 0 Å². The summed E-state index contributed by atoms with van der Waals surface area (Å²) in [6, 6.07) is 43.0. The molecule has 0 saturated carbocycles. The highest BCUT2D eigenvalue weighted by Gasteiger charge is 2.37. The average Bonchev–Trinajstić information content (AvgIpc) is 3.56. The summed E-state index contributed by atoms with van der Waals surface area (Å²) in [4.78, 5) is 4.38. The lowest BCUT2D eigenvalue weighted by Gasteiger charge is -2.38. The van der Waals surface area contributed by atoms with Gasteiger partial charge in [0.1, 0.15) is 7.85 Å². The molecule has 1 aromatic heterocycles. The summed E-state index contributed by atoms with van der Waals surface area (Å²) >= 11 is 0. The van der Waals surface area contributed by atoms with Crippen LogP contribution in [0.4, 0.5) is 0 Å². The van der Waals surface area contributed by atoms with Crippen LogP contribution in [0.1, 0.15) is 48.3 Å². The Bertz CT molecular complexity index is 1290. The van der Waals surface area contributed by atoms with Crippen LogP contribution in [0.5, 0.6) is 0 Å². The molecule has 0 amide bonds. The zero-order chi connectivity index (χ0) is 27.3. The number of aromatic nitrogens is 2. The fourth-order valence-electron chi connectivity index (χ4n) is 5.35. The van der Waals surface area contributed by atoms with Crippen LogP contribution in [-0.2, 0) is 5.16 Å². The van der Waals surface area contributed by atoms with Gasteiger partial charge in [-0.1, -0.05) is 140 Å². The van der Waals surface area contributed by atoms with E-state index < -0.39 is 9.52 Å². The van der Waals surface area contributed by atoms with E-state index in [0.717, 1.165) is 6.42 Å². The maximum atomic E-state index is 4.38. The van der Waals surface area contributed by atoms with E-state index in [1.165, 1.54) is 22.3 Å². The third-order valence-corrected chi connectivity index (χ3v) is 10.3. The van der Waals surface area contributed by atoms with Gasteiger partial charge < -0.3 is 4.57 Å². The average molecular weight is 527 g/mol. The van der Waals surface area contributed by atoms with Gasteiger partial charge in [-0.15, -0.1) is 0 Å². The molecule has 0 fully saturated rings. The summed E-state index contributed by atoms with van der Waals surface area (Å²) in [5, 5.41) is -0.111. The van der Waals surface area contributed by atoms with Crippen molar-refractivity contribution < 1.29 is 0 Å². The molecule has 5 rings (SSSR count). The minimum Gasteiger partial charge on any atom is -0.327 e. The van der Waals surface area contributed by atoms with Gasteiger partial charge in [0, 0.05) is 12.4 Å². The normalized spacial score (nSPS) is 12.5. The molecule has 0 saturated heterocycles. The molecule has 1 unspecified atom stereocenters. The van der Waals surface area contributed by atoms with Gasteiger partial charge in [0.25, 0.3) is 0 Å². The topological polar surface area (TPSA) is 17.8 Å². The van der Waals surface area contributed by atoms with Gasteiger partial charge in [0.05, 0.1) is 21.0 Å². The molecule has 1 atom stereocenters. The monoisotopic (exact) mass is 526 g/mol. The Labute approximate surface area is 237 Å². The minimum absolute atomic E-state index is 0.111. The van der Waals surface area contributed by atoms with Gasteiger partial charge in [0.2, 0.25) is 0 Å². The van der Waals surface area contributed by atoms with Crippen LogP contribution in [0.2, 0.25) is 5.54 Å². The van der Waals surface area contributed by atoms with Crippen LogP contribution in [0, 0.1) is 0 Å². The molecule has 39 heavy (non-hydrogen) atoms. The molecule has 0 aliphatic carbocycles. The van der Waals surface area contributed by atoms with Gasteiger partial charge in [-0.3, -0.25) is 0 Å². The highest BCUT2D eigenvalue weighted by molar-refractivity contribution is 6.43. The van der Waals surface area contributed by atoms with E-state index in [1.807, 2.05) is 12.5 Å². The van der Waals surface area contributed by atoms with Crippen LogP contribution in [0.3, 0.4) is 0 Å². The van der Waals surface area contributed by atoms with Gasteiger partial charge in [-0.25, -0.2) is 4.98 Å². The zero-order valence-electron chi connectivity index (χ0n) is 23.4. The number of benzene rings is 4. The molecule has 196 valence electrons. The van der Waals surface area contributed by atoms with Gasteiger partial charge in [-0.05, 0) is 47.0 Å². The highest BCUT2D eigenvalue weighted by Crippen LogP contribution is 2.36. The molecule has 0 spiro atoms. The Hall–Kier alpha value is -3.89. The molecule has 0 radical (unpaired) electrons. The summed E-state index contributed by atoms with van der Waals surface area (Å²) in [7, 11) is 1.67. The van der Waals surface area contributed by atoms with Crippen molar-refractivity contribution in [3.05, 3.63) is 174 Å². The van der Waals surface area contributed by atoms with Crippen molar-refractivity contribution in [2.75, 3.05) is 0 Å². The second-order valence-corrected chi connectivity index (χ2v) is 13.0. The molecule has 4 heteroatoms. The maximum absolute atomic E-state index is 4.38. The third-order valence-electron chi connectivity index (χ3n) is 7.47. The number of nitrogens with zero attached hydrogens (tertiary/aromatic N) is 2. The van der Waals surface area contributed by atoms with Crippen LogP contribution in [0.15, 0.2) is 152 Å². The largest absolute Gasteiger partial charge is 0.327 e. The molecule has 0 bridgehead atoms. The van der Waals surface area contributed by atoms with Crippen molar-refractivity contribution >= 4 is 17.4 Å². The quantitative estimate of drug-likeness (QED) is 0.150. The first kappa shape index (κ1) is 28.1. The van der Waals surface area contributed by atoms with Crippen LogP contribution in [0.25, 0.3) is 0 Å². The first-order valence-electron chi connectivity index (χ1n) is 14.0. The molecule has 1 heterocycles. The first-order valence-corrected chi connectivity index (χ1v) is 15.5. The minimum atomic E-state index is -0.571. The van der Waals surface area contributed by atoms with Gasteiger partial charge >= 0.3 is 0 Å². The van der Waals surface area contributed by atoms with E-state index in [0.29, 0.717) is 11.4 Å². The van der Waals surface area contributed by atoms with E-state index in [-0.39, 0.29) is 5.16 Å². The molecule has 0 aliphatic rings. The number of rotatable bonds is 9. The fourth-order valence-corrected chi connectivity index (χ4v) is 8.06. The Morgan fingerprint density at radius 3 is 1.64 bits per heavy atom. The summed E-state index contributed by atoms with van der Waals surface area (Å²) in [6.45, 7) is 4.50. The van der Waals surface area contributed by atoms with Crippen molar-refractivity contribution in [3.63, 3.8) is 0 Å². The Morgan fingerprint density at radius 1 is 0.769 bits per heavy atom. The molecular formula is C35H39BN2Si. The summed E-state index contributed by atoms with van der Waals surface area (Å²) in [6.07, 6.45) is 11.6. The first-order chi connectivity index (χ1) is 19.1. The van der Waals surface area contributed by atoms with Crippen molar-refractivity contribution in [2.45, 2.75) is 36.8 Å². The number of allylic oxidation sites excluding steroid dienone is 2.